The van der Waals surface area contributed by atoms with E-state index in [-0.39, 0.29) is 32.8 Å². The lowest BCUT2D eigenvalue weighted by Crippen LogP contribution is -2.36. The van der Waals surface area contributed by atoms with Crippen LogP contribution in [0.25, 0.3) is 0 Å². The Kier molecular flexibility index (Phi) is 3.82. The molecule has 1 unspecified atom stereocenters. The van der Waals surface area contributed by atoms with Crippen molar-refractivity contribution >= 4 is 23.2 Å². The van der Waals surface area contributed by atoms with E-state index in [2.05, 4.69) is 15.5 Å². The average Bonchev–Trinajstić information content (AvgIpc) is 3.15. The molecule has 24 heavy (non-hydrogen) atoms. The predicted octanol–water partition coefficient (Wildman–Crippen LogP) is 4.37. The molecule has 8 heteroatoms. The Labute approximate surface area is 147 Å². The summed E-state index contributed by atoms with van der Waals surface area (Å²) >= 11 is 11.6. The lowest BCUT2D eigenvalue weighted by atomic mass is 9.63. The molecule has 0 amide bonds. The van der Waals surface area contributed by atoms with Gasteiger partial charge in [-0.2, -0.15) is 8.78 Å². The average molecular weight is 374 g/mol. The van der Waals surface area contributed by atoms with E-state index in [1.54, 1.807) is 0 Å². The quantitative estimate of drug-likeness (QED) is 0.867. The third kappa shape index (κ3) is 2.43. The van der Waals surface area contributed by atoms with Crippen molar-refractivity contribution < 1.29 is 13.2 Å². The highest BCUT2D eigenvalue weighted by atomic mass is 35.5. The van der Waals surface area contributed by atoms with Gasteiger partial charge in [0, 0.05) is 18.7 Å². The smallest absolute Gasteiger partial charge is 0.349 e. The van der Waals surface area contributed by atoms with Crippen LogP contribution in [-0.4, -0.2) is 23.3 Å². The SMILES string of the molecule is FC(F)(c1ccc(Cl)c(Cl)c1)c1nnc(C2CNCC23CCC3)o1. The van der Waals surface area contributed by atoms with E-state index in [4.69, 9.17) is 27.6 Å². The first-order valence-electron chi connectivity index (χ1n) is 7.80. The number of hydrogen-bond donors (Lipinski definition) is 1. The number of nitrogens with zero attached hydrogens (tertiary/aromatic N) is 2. The van der Waals surface area contributed by atoms with Gasteiger partial charge in [0.05, 0.1) is 16.0 Å². The van der Waals surface area contributed by atoms with Crippen molar-refractivity contribution in [3.8, 4) is 0 Å². The summed E-state index contributed by atoms with van der Waals surface area (Å²) in [6.45, 7) is 1.55. The van der Waals surface area contributed by atoms with Crippen molar-refractivity contribution in [1.82, 2.24) is 15.5 Å². The van der Waals surface area contributed by atoms with Crippen LogP contribution in [0.1, 0.15) is 42.5 Å². The van der Waals surface area contributed by atoms with Gasteiger partial charge in [0.25, 0.3) is 5.89 Å². The highest BCUT2D eigenvalue weighted by molar-refractivity contribution is 6.42. The van der Waals surface area contributed by atoms with Gasteiger partial charge in [0.2, 0.25) is 5.89 Å². The maximum absolute atomic E-state index is 14.7. The second-order valence-electron chi connectivity index (χ2n) is 6.55. The summed E-state index contributed by atoms with van der Waals surface area (Å²) in [5.41, 5.74) is -0.238. The van der Waals surface area contributed by atoms with E-state index in [1.807, 2.05) is 0 Å². The molecule has 1 spiro atoms. The van der Waals surface area contributed by atoms with Crippen molar-refractivity contribution in [2.24, 2.45) is 5.41 Å². The molecule has 4 nitrogen and oxygen atoms in total. The second kappa shape index (κ2) is 5.64. The Morgan fingerprint density at radius 3 is 2.67 bits per heavy atom. The molecular weight excluding hydrogens is 359 g/mol. The highest BCUT2D eigenvalue weighted by Gasteiger charge is 2.51. The molecule has 0 bridgehead atoms. The number of hydrogen-bond acceptors (Lipinski definition) is 4. The molecule has 2 heterocycles. The molecule has 0 radical (unpaired) electrons. The number of rotatable bonds is 3. The minimum Gasteiger partial charge on any atom is -0.419 e. The van der Waals surface area contributed by atoms with Crippen LogP contribution in [0, 0.1) is 5.41 Å². The van der Waals surface area contributed by atoms with Gasteiger partial charge in [0.15, 0.2) is 0 Å². The molecule has 2 aliphatic rings. The molecule has 128 valence electrons. The molecule has 1 aromatic carbocycles. The summed E-state index contributed by atoms with van der Waals surface area (Å²) in [6, 6.07) is 3.66. The van der Waals surface area contributed by atoms with Gasteiger partial charge in [-0.1, -0.05) is 35.7 Å². The van der Waals surface area contributed by atoms with Crippen molar-refractivity contribution in [3.05, 3.63) is 45.6 Å². The zero-order valence-electron chi connectivity index (χ0n) is 12.7. The van der Waals surface area contributed by atoms with Crippen LogP contribution in [0.3, 0.4) is 0 Å². The minimum atomic E-state index is -3.42. The maximum Gasteiger partial charge on any atom is 0.349 e. The number of aromatic nitrogens is 2. The summed E-state index contributed by atoms with van der Waals surface area (Å²) in [5, 5.41) is 11.1. The number of halogens is 4. The predicted molar refractivity (Wildman–Crippen MR) is 85.7 cm³/mol. The monoisotopic (exact) mass is 373 g/mol. The Bertz CT molecular complexity index is 776. The summed E-state index contributed by atoms with van der Waals surface area (Å²) < 4.78 is 34.7. The molecule has 1 aliphatic carbocycles. The van der Waals surface area contributed by atoms with E-state index in [0.717, 1.165) is 31.9 Å². The maximum atomic E-state index is 14.7. The second-order valence-corrected chi connectivity index (χ2v) is 7.36. The molecule has 1 atom stereocenters. The zero-order chi connectivity index (χ0) is 16.9. The molecule has 1 aromatic heterocycles. The van der Waals surface area contributed by atoms with Crippen LogP contribution in [0.2, 0.25) is 10.0 Å². The summed E-state index contributed by atoms with van der Waals surface area (Å²) in [6.07, 6.45) is 3.27. The third-order valence-electron chi connectivity index (χ3n) is 5.20. The molecule has 4 rings (SSSR count). The van der Waals surface area contributed by atoms with Crippen molar-refractivity contribution in [2.45, 2.75) is 31.1 Å². The van der Waals surface area contributed by atoms with Crippen LogP contribution in [-0.2, 0) is 5.92 Å². The van der Waals surface area contributed by atoms with Crippen LogP contribution < -0.4 is 5.32 Å². The van der Waals surface area contributed by atoms with Gasteiger partial charge in [-0.25, -0.2) is 0 Å². The van der Waals surface area contributed by atoms with Gasteiger partial charge in [-0.3, -0.25) is 0 Å². The fourth-order valence-corrected chi connectivity index (χ4v) is 3.93. The van der Waals surface area contributed by atoms with Gasteiger partial charge in [-0.05, 0) is 30.4 Å². The summed E-state index contributed by atoms with van der Waals surface area (Å²) in [5.74, 6) is -3.85. The lowest BCUT2D eigenvalue weighted by Gasteiger charge is -2.41. The van der Waals surface area contributed by atoms with Gasteiger partial charge >= 0.3 is 5.92 Å². The molecule has 2 aromatic rings. The van der Waals surface area contributed by atoms with Crippen LogP contribution >= 0.6 is 23.2 Å². The molecule has 1 N–H and O–H groups in total. The molecular formula is C16H15Cl2F2N3O. The van der Waals surface area contributed by atoms with Crippen LogP contribution in [0.5, 0.6) is 0 Å². The van der Waals surface area contributed by atoms with Crippen molar-refractivity contribution in [2.75, 3.05) is 13.1 Å². The Morgan fingerprint density at radius 2 is 2.00 bits per heavy atom. The lowest BCUT2D eigenvalue weighted by molar-refractivity contribution is 0.0102. The Balaban J connectivity index is 1.65. The summed E-state index contributed by atoms with van der Waals surface area (Å²) in [4.78, 5) is 0. The Hall–Kier alpha value is -1.24. The number of benzene rings is 1. The van der Waals surface area contributed by atoms with E-state index in [1.165, 1.54) is 12.1 Å². The number of alkyl halides is 2. The highest BCUT2D eigenvalue weighted by Crippen LogP contribution is 2.53. The van der Waals surface area contributed by atoms with E-state index in [0.29, 0.717) is 6.54 Å². The molecule has 1 saturated heterocycles. The van der Waals surface area contributed by atoms with Gasteiger partial charge in [0.1, 0.15) is 0 Å². The fourth-order valence-electron chi connectivity index (χ4n) is 3.63. The molecule has 1 aliphatic heterocycles. The van der Waals surface area contributed by atoms with Crippen molar-refractivity contribution in [3.63, 3.8) is 0 Å². The van der Waals surface area contributed by atoms with Gasteiger partial charge < -0.3 is 9.73 Å². The Morgan fingerprint density at radius 1 is 1.21 bits per heavy atom. The van der Waals surface area contributed by atoms with Crippen molar-refractivity contribution in [1.29, 1.82) is 0 Å². The number of nitrogens with one attached hydrogen (secondary N) is 1. The van der Waals surface area contributed by atoms with Crippen LogP contribution in [0.15, 0.2) is 22.6 Å². The van der Waals surface area contributed by atoms with E-state index < -0.39 is 11.8 Å². The third-order valence-corrected chi connectivity index (χ3v) is 5.94. The minimum absolute atomic E-state index is 0.00268. The largest absolute Gasteiger partial charge is 0.419 e. The summed E-state index contributed by atoms with van der Waals surface area (Å²) in [7, 11) is 0. The molecule has 1 saturated carbocycles. The van der Waals surface area contributed by atoms with E-state index in [9.17, 15) is 8.78 Å². The fraction of sp³-hybridized carbons (Fsp3) is 0.500. The van der Waals surface area contributed by atoms with E-state index >= 15 is 0 Å². The van der Waals surface area contributed by atoms with Gasteiger partial charge in [-0.15, -0.1) is 10.2 Å². The van der Waals surface area contributed by atoms with Crippen LogP contribution in [0.4, 0.5) is 8.78 Å². The first-order valence-corrected chi connectivity index (χ1v) is 8.56. The first-order chi connectivity index (χ1) is 11.4. The first kappa shape index (κ1) is 16.2. The molecule has 2 fully saturated rings. The topological polar surface area (TPSA) is 51.0 Å². The normalized spacial score (nSPS) is 22.8. The standard InChI is InChI=1S/C16H15Cl2F2N3O/c17-11-3-2-9(6-12(11)18)16(19,20)14-23-22-13(24-14)10-7-21-8-15(10)4-1-5-15/h2-3,6,10,21H,1,4-5,7-8H2. The zero-order valence-corrected chi connectivity index (χ0v) is 14.2.